The molecule has 4 rings (SSSR count). The van der Waals surface area contributed by atoms with Gasteiger partial charge in [0.2, 0.25) is 0 Å². The zero-order chi connectivity index (χ0) is 13.7. The van der Waals surface area contributed by atoms with Crippen molar-refractivity contribution < 1.29 is 9.53 Å². The van der Waals surface area contributed by atoms with E-state index in [1.807, 2.05) is 49.4 Å². The van der Waals surface area contributed by atoms with Crippen LogP contribution in [-0.4, -0.2) is 11.0 Å². The van der Waals surface area contributed by atoms with E-state index >= 15 is 0 Å². The molecule has 0 fully saturated rings. The lowest BCUT2D eigenvalue weighted by Crippen LogP contribution is -2.01. The molecule has 2 aromatic carbocycles. The van der Waals surface area contributed by atoms with E-state index in [0.29, 0.717) is 5.56 Å². The molecule has 1 atom stereocenters. The Balaban J connectivity index is 1.98. The molecule has 1 unspecified atom stereocenters. The zero-order valence-electron chi connectivity index (χ0n) is 11.0. The number of hydrogen-bond acceptors (Lipinski definition) is 2. The van der Waals surface area contributed by atoms with Gasteiger partial charge in [0, 0.05) is 27.7 Å². The molecule has 1 N–H and O–H groups in total. The summed E-state index contributed by atoms with van der Waals surface area (Å²) >= 11 is 0. The van der Waals surface area contributed by atoms with E-state index in [2.05, 4.69) is 11.1 Å². The Morgan fingerprint density at radius 2 is 1.80 bits per heavy atom. The predicted molar refractivity (Wildman–Crippen MR) is 76.7 cm³/mol. The summed E-state index contributed by atoms with van der Waals surface area (Å²) in [6.07, 6.45) is -0.310. The van der Waals surface area contributed by atoms with E-state index in [-0.39, 0.29) is 12.1 Å². The van der Waals surface area contributed by atoms with Crippen molar-refractivity contribution in [1.82, 2.24) is 4.98 Å². The molecule has 0 aliphatic carbocycles. The smallest absolute Gasteiger partial charge is 0.339 e. The van der Waals surface area contributed by atoms with Crippen molar-refractivity contribution in [3.8, 4) is 0 Å². The molecule has 3 nitrogen and oxygen atoms in total. The number of benzene rings is 2. The van der Waals surface area contributed by atoms with Gasteiger partial charge in [0.05, 0.1) is 5.56 Å². The molecule has 0 amide bonds. The van der Waals surface area contributed by atoms with Gasteiger partial charge in [-0.1, -0.05) is 36.4 Å². The Morgan fingerprint density at radius 1 is 1.05 bits per heavy atom. The van der Waals surface area contributed by atoms with Crippen molar-refractivity contribution in [2.45, 2.75) is 13.0 Å². The number of carbonyl (C=O) groups is 1. The van der Waals surface area contributed by atoms with Gasteiger partial charge in [0.15, 0.2) is 6.10 Å². The van der Waals surface area contributed by atoms with Gasteiger partial charge < -0.3 is 9.72 Å². The molecule has 1 aliphatic heterocycles. The van der Waals surface area contributed by atoms with E-state index in [9.17, 15) is 4.79 Å². The molecule has 98 valence electrons. The van der Waals surface area contributed by atoms with Crippen LogP contribution in [0.3, 0.4) is 0 Å². The van der Waals surface area contributed by atoms with Crippen LogP contribution in [0.2, 0.25) is 0 Å². The average Bonchev–Trinajstić information content (AvgIpc) is 2.96. The number of esters is 1. The summed E-state index contributed by atoms with van der Waals surface area (Å²) < 4.78 is 5.61. The second kappa shape index (κ2) is 3.97. The number of para-hydroxylation sites is 1. The highest BCUT2D eigenvalue weighted by molar-refractivity contribution is 5.96. The van der Waals surface area contributed by atoms with Gasteiger partial charge in [-0.05, 0) is 19.1 Å². The van der Waals surface area contributed by atoms with Gasteiger partial charge in [-0.15, -0.1) is 0 Å². The van der Waals surface area contributed by atoms with E-state index in [1.165, 1.54) is 0 Å². The van der Waals surface area contributed by atoms with Gasteiger partial charge in [0.25, 0.3) is 0 Å². The lowest BCUT2D eigenvalue weighted by molar-refractivity contribution is 0.0457. The van der Waals surface area contributed by atoms with Gasteiger partial charge in [-0.25, -0.2) is 4.79 Å². The van der Waals surface area contributed by atoms with Gasteiger partial charge in [0.1, 0.15) is 0 Å². The number of aryl methyl sites for hydroxylation is 1. The molecule has 0 saturated carbocycles. The van der Waals surface area contributed by atoms with E-state index in [0.717, 1.165) is 27.7 Å². The monoisotopic (exact) mass is 263 g/mol. The number of aromatic amines is 1. The summed E-state index contributed by atoms with van der Waals surface area (Å²) in [4.78, 5) is 15.3. The molecule has 0 spiro atoms. The largest absolute Gasteiger partial charge is 0.449 e. The SMILES string of the molecule is Cc1[nH]c2ccccc2c1C1OC(=O)c2ccccc21. The molecule has 3 aromatic rings. The van der Waals surface area contributed by atoms with Crippen LogP contribution >= 0.6 is 0 Å². The molecular weight excluding hydrogens is 250 g/mol. The number of cyclic esters (lactones) is 1. The number of hydrogen-bond donors (Lipinski definition) is 1. The minimum atomic E-state index is -0.310. The Hall–Kier alpha value is -2.55. The highest BCUT2D eigenvalue weighted by atomic mass is 16.5. The molecule has 20 heavy (non-hydrogen) atoms. The molecule has 1 aliphatic rings. The minimum Gasteiger partial charge on any atom is -0.449 e. The first-order valence-corrected chi connectivity index (χ1v) is 6.63. The number of nitrogens with one attached hydrogen (secondary N) is 1. The number of fused-ring (bicyclic) bond motifs is 2. The highest BCUT2D eigenvalue weighted by Gasteiger charge is 2.34. The summed E-state index contributed by atoms with van der Waals surface area (Å²) in [6.45, 7) is 2.02. The molecule has 3 heteroatoms. The quantitative estimate of drug-likeness (QED) is 0.680. The molecular formula is C17H13NO2. The summed E-state index contributed by atoms with van der Waals surface area (Å²) in [6, 6.07) is 15.7. The van der Waals surface area contributed by atoms with Crippen molar-refractivity contribution in [2.24, 2.45) is 0 Å². The van der Waals surface area contributed by atoms with Gasteiger partial charge in [-0.3, -0.25) is 0 Å². The summed E-state index contributed by atoms with van der Waals surface area (Å²) in [5, 5.41) is 1.11. The maximum atomic E-state index is 12.0. The van der Waals surface area contributed by atoms with Crippen LogP contribution in [0.25, 0.3) is 10.9 Å². The first-order valence-electron chi connectivity index (χ1n) is 6.63. The minimum absolute atomic E-state index is 0.240. The third-order valence-electron chi connectivity index (χ3n) is 3.89. The van der Waals surface area contributed by atoms with Crippen molar-refractivity contribution in [3.63, 3.8) is 0 Å². The number of carbonyl (C=O) groups excluding carboxylic acids is 1. The Morgan fingerprint density at radius 3 is 2.70 bits per heavy atom. The molecule has 0 saturated heterocycles. The van der Waals surface area contributed by atoms with Crippen molar-refractivity contribution >= 4 is 16.9 Å². The summed E-state index contributed by atoms with van der Waals surface area (Å²) in [7, 11) is 0. The molecule has 0 bridgehead atoms. The van der Waals surface area contributed by atoms with Crippen LogP contribution in [0.15, 0.2) is 48.5 Å². The van der Waals surface area contributed by atoms with E-state index < -0.39 is 0 Å². The van der Waals surface area contributed by atoms with Crippen LogP contribution in [-0.2, 0) is 4.74 Å². The zero-order valence-corrected chi connectivity index (χ0v) is 11.0. The van der Waals surface area contributed by atoms with Crippen molar-refractivity contribution in [1.29, 1.82) is 0 Å². The normalized spacial score (nSPS) is 17.2. The Labute approximate surface area is 116 Å². The first-order chi connectivity index (χ1) is 9.75. The fourth-order valence-electron chi connectivity index (χ4n) is 3.00. The number of H-pyrrole nitrogens is 1. The Kier molecular flexibility index (Phi) is 2.24. The average molecular weight is 263 g/mol. The summed E-state index contributed by atoms with van der Waals surface area (Å²) in [5.41, 5.74) is 4.78. The van der Waals surface area contributed by atoms with Crippen molar-refractivity contribution in [3.05, 3.63) is 70.9 Å². The van der Waals surface area contributed by atoms with E-state index in [4.69, 9.17) is 4.74 Å². The Bertz CT molecular complexity index is 832. The van der Waals surface area contributed by atoms with E-state index in [1.54, 1.807) is 0 Å². The standard InChI is InChI=1S/C17H13NO2/c1-10-15(13-8-4-5-9-14(13)18-10)16-11-6-2-3-7-12(11)17(19)20-16/h2-9,16,18H,1H3. The lowest BCUT2D eigenvalue weighted by atomic mass is 9.97. The van der Waals surface area contributed by atoms with Crippen LogP contribution in [0.4, 0.5) is 0 Å². The number of aromatic nitrogens is 1. The molecule has 2 heterocycles. The fourth-order valence-corrected chi connectivity index (χ4v) is 3.00. The van der Waals surface area contributed by atoms with Gasteiger partial charge >= 0.3 is 5.97 Å². The third kappa shape index (κ3) is 1.43. The van der Waals surface area contributed by atoms with Gasteiger partial charge in [-0.2, -0.15) is 0 Å². The molecule has 1 aromatic heterocycles. The molecule has 0 radical (unpaired) electrons. The topological polar surface area (TPSA) is 42.1 Å². The first kappa shape index (κ1) is 11.3. The van der Waals surface area contributed by atoms with Crippen molar-refractivity contribution in [2.75, 3.05) is 0 Å². The lowest BCUT2D eigenvalue weighted by Gasteiger charge is -2.11. The number of rotatable bonds is 1. The second-order valence-corrected chi connectivity index (χ2v) is 5.08. The highest BCUT2D eigenvalue weighted by Crippen LogP contribution is 2.40. The van der Waals surface area contributed by atoms with Crippen LogP contribution in [0, 0.1) is 6.92 Å². The maximum absolute atomic E-state index is 12.0. The summed E-state index contributed by atoms with van der Waals surface area (Å²) in [5.74, 6) is -0.240. The number of ether oxygens (including phenoxy) is 1. The second-order valence-electron chi connectivity index (χ2n) is 5.08. The maximum Gasteiger partial charge on any atom is 0.339 e. The predicted octanol–water partition coefficient (Wildman–Crippen LogP) is 3.74. The third-order valence-corrected chi connectivity index (χ3v) is 3.89. The van der Waals surface area contributed by atoms with Crippen LogP contribution in [0.1, 0.15) is 33.3 Å². The fraction of sp³-hybridized carbons (Fsp3) is 0.118. The van der Waals surface area contributed by atoms with Crippen LogP contribution < -0.4 is 0 Å². The van der Waals surface area contributed by atoms with Crippen LogP contribution in [0.5, 0.6) is 0 Å².